The van der Waals surface area contributed by atoms with E-state index in [1.54, 1.807) is 41.5 Å². The van der Waals surface area contributed by atoms with Crippen LogP contribution in [0, 0.1) is 5.92 Å². The topological polar surface area (TPSA) is 206 Å². The van der Waals surface area contributed by atoms with E-state index in [4.69, 9.17) is 42.6 Å². The third kappa shape index (κ3) is 18.2. The van der Waals surface area contributed by atoms with E-state index >= 15 is 0 Å². The molecule has 1 N–H and O–H groups in total. The molecule has 0 saturated carbocycles. The molecule has 16 nitrogen and oxygen atoms in total. The van der Waals surface area contributed by atoms with Crippen molar-refractivity contribution in [3.8, 4) is 0 Å². The first kappa shape index (κ1) is 36.9. The lowest BCUT2D eigenvalue weighted by molar-refractivity contribution is -0.158. The fourth-order valence-electron chi connectivity index (χ4n) is 2.65. The van der Waals surface area contributed by atoms with E-state index in [9.17, 15) is 28.5 Å². The van der Waals surface area contributed by atoms with Crippen molar-refractivity contribution in [1.82, 2.24) is 0 Å². The first-order valence-corrected chi connectivity index (χ1v) is 14.1. The predicted octanol–water partition coefficient (Wildman–Crippen LogP) is 4.57. The highest BCUT2D eigenvalue weighted by Crippen LogP contribution is 2.53. The minimum absolute atomic E-state index is 0.406. The van der Waals surface area contributed by atoms with Crippen LogP contribution in [0.4, 0.5) is 14.4 Å². The molecule has 0 radical (unpaired) electrons. The highest BCUT2D eigenvalue weighted by Gasteiger charge is 2.39. The number of ether oxygens (including phenoxy) is 7. The van der Waals surface area contributed by atoms with Crippen molar-refractivity contribution in [2.45, 2.75) is 99.1 Å². The molecule has 0 amide bonds. The van der Waals surface area contributed by atoms with Crippen LogP contribution in [0.1, 0.15) is 68.2 Å². The largest absolute Gasteiger partial charge is 0.511 e. The summed E-state index contributed by atoms with van der Waals surface area (Å²) >= 11 is 0. The second-order valence-electron chi connectivity index (χ2n) is 8.98. The van der Waals surface area contributed by atoms with Gasteiger partial charge in [0.2, 0.25) is 19.4 Å². The lowest BCUT2D eigenvalue weighted by atomic mass is 10.1. The van der Waals surface area contributed by atoms with Crippen molar-refractivity contribution in [2.75, 3.05) is 13.0 Å². The van der Waals surface area contributed by atoms with Gasteiger partial charge in [-0.25, -0.2) is 14.4 Å². The molecule has 0 rings (SSSR count). The smallest absolute Gasteiger partial charge is 0.481 e. The van der Waals surface area contributed by atoms with Crippen molar-refractivity contribution in [3.63, 3.8) is 0 Å². The van der Waals surface area contributed by atoms with Gasteiger partial charge < -0.3 is 38.3 Å². The van der Waals surface area contributed by atoms with Crippen LogP contribution in [0.2, 0.25) is 0 Å². The Morgan fingerprint density at radius 2 is 1.07 bits per heavy atom. The number of esters is 1. The SMILES string of the molecule is CC(C)OC(=O)OCOC(=O)C(CCC(=O)O)CP(=O)(OC(C)OC(=O)OC(C)C)OC(C)OC(=O)OC(C)C. The van der Waals surface area contributed by atoms with Gasteiger partial charge in [0.25, 0.3) is 0 Å². The van der Waals surface area contributed by atoms with Gasteiger partial charge >= 0.3 is 38.0 Å². The summed E-state index contributed by atoms with van der Waals surface area (Å²) in [6.07, 6.45) is -9.93. The average Bonchev–Trinajstić information content (AvgIpc) is 2.73. The molecule has 3 atom stereocenters. The number of carboxylic acids is 1. The summed E-state index contributed by atoms with van der Waals surface area (Å²) < 4.78 is 58.0. The van der Waals surface area contributed by atoms with Crippen molar-refractivity contribution in [3.05, 3.63) is 0 Å². The van der Waals surface area contributed by atoms with Gasteiger partial charge in [0, 0.05) is 6.42 Å². The molecule has 0 spiro atoms. The zero-order chi connectivity index (χ0) is 31.0. The molecule has 0 heterocycles. The van der Waals surface area contributed by atoms with E-state index in [0.29, 0.717) is 0 Å². The summed E-state index contributed by atoms with van der Waals surface area (Å²) in [6, 6.07) is 0. The van der Waals surface area contributed by atoms with Crippen LogP contribution in [0.3, 0.4) is 0 Å². The molecule has 0 bridgehead atoms. The van der Waals surface area contributed by atoms with E-state index in [-0.39, 0.29) is 0 Å². The van der Waals surface area contributed by atoms with Gasteiger partial charge in [0.15, 0.2) is 0 Å². The summed E-state index contributed by atoms with van der Waals surface area (Å²) in [7, 11) is -4.54. The Morgan fingerprint density at radius 3 is 1.48 bits per heavy atom. The molecule has 40 heavy (non-hydrogen) atoms. The van der Waals surface area contributed by atoms with Gasteiger partial charge in [-0.3, -0.25) is 23.2 Å². The van der Waals surface area contributed by atoms with Crippen LogP contribution in [0.25, 0.3) is 0 Å². The van der Waals surface area contributed by atoms with Gasteiger partial charge in [0.1, 0.15) is 0 Å². The molecule has 0 aliphatic rings. The quantitative estimate of drug-likeness (QED) is 0.105. The maximum absolute atomic E-state index is 13.7. The minimum Gasteiger partial charge on any atom is -0.481 e. The summed E-state index contributed by atoms with van der Waals surface area (Å²) in [6.45, 7) is 10.8. The predicted molar refractivity (Wildman–Crippen MR) is 133 cm³/mol. The summed E-state index contributed by atoms with van der Waals surface area (Å²) in [5, 5.41) is 9.10. The van der Waals surface area contributed by atoms with Gasteiger partial charge in [-0.15, -0.1) is 0 Å². The van der Waals surface area contributed by atoms with E-state index in [1.165, 1.54) is 13.8 Å². The average molecular weight is 603 g/mol. The van der Waals surface area contributed by atoms with Crippen LogP contribution in [-0.2, 0) is 56.4 Å². The summed E-state index contributed by atoms with van der Waals surface area (Å²) in [5.74, 6) is -3.85. The molecule has 0 aromatic carbocycles. The molecular formula is C23H39O16P. The fourth-order valence-corrected chi connectivity index (χ4v) is 4.73. The molecular weight excluding hydrogens is 563 g/mol. The first-order chi connectivity index (χ1) is 18.4. The zero-order valence-electron chi connectivity index (χ0n) is 23.8. The Kier molecular flexibility index (Phi) is 16.9. The minimum atomic E-state index is -4.54. The second-order valence-corrected chi connectivity index (χ2v) is 11.0. The number of carboxylic acid groups (broad SMARTS) is 1. The zero-order valence-corrected chi connectivity index (χ0v) is 24.7. The standard InChI is InChI=1S/C23H39O16P/c1-13(2)33-21(27)32-12-31-20(26)18(9-10-19(24)25)11-40(30,38-16(7)36-22(28)34-14(3)4)39-17(8)37-23(29)35-15(5)6/h13-18H,9-12H2,1-8H3,(H,24,25). The van der Waals surface area contributed by atoms with E-state index in [1.807, 2.05) is 0 Å². The van der Waals surface area contributed by atoms with E-state index < -0.39 is 101 Å². The molecule has 3 unspecified atom stereocenters. The lowest BCUT2D eigenvalue weighted by Crippen LogP contribution is -2.29. The molecule has 0 aliphatic heterocycles. The Balaban J connectivity index is 5.77. The van der Waals surface area contributed by atoms with Crippen LogP contribution in [0.15, 0.2) is 0 Å². The van der Waals surface area contributed by atoms with E-state index in [2.05, 4.69) is 4.74 Å². The number of rotatable bonds is 17. The normalized spacial score (nSPS) is 14.9. The Morgan fingerprint density at radius 1 is 0.650 bits per heavy atom. The molecule has 232 valence electrons. The summed E-state index contributed by atoms with van der Waals surface area (Å²) in [5.41, 5.74) is 0. The van der Waals surface area contributed by atoms with Crippen LogP contribution >= 0.6 is 7.60 Å². The number of carbonyl (C=O) groups excluding carboxylic acids is 4. The van der Waals surface area contributed by atoms with Gasteiger partial charge in [-0.05, 0) is 61.8 Å². The molecule has 0 aliphatic carbocycles. The Bertz CT molecular complexity index is 850. The van der Waals surface area contributed by atoms with Crippen LogP contribution < -0.4 is 0 Å². The molecule has 0 aromatic rings. The lowest BCUT2D eigenvalue weighted by Gasteiger charge is -2.27. The molecule has 0 saturated heterocycles. The van der Waals surface area contributed by atoms with Crippen molar-refractivity contribution in [1.29, 1.82) is 0 Å². The molecule has 17 heteroatoms. The van der Waals surface area contributed by atoms with Gasteiger partial charge in [-0.2, -0.15) is 0 Å². The summed E-state index contributed by atoms with van der Waals surface area (Å²) in [4.78, 5) is 59.0. The maximum Gasteiger partial charge on any atom is 0.511 e. The first-order valence-electron chi connectivity index (χ1n) is 12.3. The highest BCUT2D eigenvalue weighted by atomic mass is 31.2. The van der Waals surface area contributed by atoms with Crippen molar-refractivity contribution >= 4 is 38.0 Å². The Hall–Kier alpha value is -3.10. The third-order valence-corrected chi connectivity index (χ3v) is 6.12. The third-order valence-electron chi connectivity index (χ3n) is 4.00. The second kappa shape index (κ2) is 18.3. The van der Waals surface area contributed by atoms with Crippen LogP contribution in [0.5, 0.6) is 0 Å². The number of hydrogen-bond acceptors (Lipinski definition) is 15. The van der Waals surface area contributed by atoms with Crippen molar-refractivity contribution in [2.24, 2.45) is 5.92 Å². The fraction of sp³-hybridized carbons (Fsp3) is 0.783. The van der Waals surface area contributed by atoms with E-state index in [0.717, 1.165) is 0 Å². The van der Waals surface area contributed by atoms with Gasteiger partial charge in [0.05, 0.1) is 30.4 Å². The number of hydrogen-bond donors (Lipinski definition) is 1. The van der Waals surface area contributed by atoms with Gasteiger partial charge in [-0.1, -0.05) is 0 Å². The number of carbonyl (C=O) groups is 5. The Labute approximate surface area is 232 Å². The maximum atomic E-state index is 13.7. The molecule has 0 aromatic heterocycles. The number of aliphatic carboxylic acids is 1. The monoisotopic (exact) mass is 602 g/mol. The highest BCUT2D eigenvalue weighted by molar-refractivity contribution is 7.53. The van der Waals surface area contributed by atoms with Crippen LogP contribution in [-0.4, -0.2) is 79.4 Å². The van der Waals surface area contributed by atoms with Crippen molar-refractivity contribution < 1.29 is 75.8 Å². The molecule has 0 fully saturated rings.